The van der Waals surface area contributed by atoms with Gasteiger partial charge in [-0.05, 0) is 66.6 Å². The van der Waals surface area contributed by atoms with Crippen molar-refractivity contribution in [3.05, 3.63) is 90.4 Å². The van der Waals surface area contributed by atoms with Crippen molar-refractivity contribution in [1.82, 2.24) is 9.29 Å². The van der Waals surface area contributed by atoms with Gasteiger partial charge in [0.15, 0.2) is 0 Å². The van der Waals surface area contributed by atoms with Gasteiger partial charge in [0.25, 0.3) is 5.91 Å². The summed E-state index contributed by atoms with van der Waals surface area (Å²) < 4.78 is 47.2. The predicted octanol–water partition coefficient (Wildman–Crippen LogP) is 3.88. The smallest absolute Gasteiger partial charge is 0.252 e. The van der Waals surface area contributed by atoms with E-state index in [9.17, 15) is 22.4 Å². The van der Waals surface area contributed by atoms with Crippen LogP contribution >= 0.6 is 0 Å². The average molecular weight is 522 g/mol. The first kappa shape index (κ1) is 24.7. The predicted molar refractivity (Wildman–Crippen MR) is 136 cm³/mol. The highest BCUT2D eigenvalue weighted by molar-refractivity contribution is 7.89. The molecule has 190 valence electrons. The van der Waals surface area contributed by atoms with E-state index in [-0.39, 0.29) is 17.9 Å². The SMILES string of the molecule is COc1ccc(N2C(=O)CC(N(CCc3c[nH]c4ccccc34)S(=O)(=O)c3ccc(F)cc3)C2=O)cc1. The molecule has 1 fully saturated rings. The fourth-order valence-electron chi connectivity index (χ4n) is 4.60. The second kappa shape index (κ2) is 9.79. The third-order valence-corrected chi connectivity index (χ3v) is 8.42. The molecule has 1 unspecified atom stereocenters. The first-order valence-electron chi connectivity index (χ1n) is 11.6. The molecule has 0 aliphatic carbocycles. The van der Waals surface area contributed by atoms with Gasteiger partial charge in [-0.2, -0.15) is 4.31 Å². The van der Waals surface area contributed by atoms with Crippen LogP contribution in [0.15, 0.2) is 83.9 Å². The summed E-state index contributed by atoms with van der Waals surface area (Å²) >= 11 is 0. The van der Waals surface area contributed by atoms with Crippen LogP contribution in [0.4, 0.5) is 10.1 Å². The summed E-state index contributed by atoms with van der Waals surface area (Å²) in [4.78, 5) is 30.5. The highest BCUT2D eigenvalue weighted by Crippen LogP contribution is 2.31. The van der Waals surface area contributed by atoms with Gasteiger partial charge in [0, 0.05) is 23.6 Å². The number of hydrogen-bond acceptors (Lipinski definition) is 5. The lowest BCUT2D eigenvalue weighted by atomic mass is 10.1. The van der Waals surface area contributed by atoms with Crippen molar-refractivity contribution in [2.45, 2.75) is 23.8 Å². The van der Waals surface area contributed by atoms with Crippen molar-refractivity contribution in [3.8, 4) is 5.75 Å². The van der Waals surface area contributed by atoms with Crippen LogP contribution in [0.1, 0.15) is 12.0 Å². The number of hydrogen-bond donors (Lipinski definition) is 1. The Bertz CT molecular complexity index is 1570. The van der Waals surface area contributed by atoms with Crippen LogP contribution < -0.4 is 9.64 Å². The van der Waals surface area contributed by atoms with Crippen LogP contribution in [0.2, 0.25) is 0 Å². The van der Waals surface area contributed by atoms with Crippen LogP contribution in [0.5, 0.6) is 5.75 Å². The van der Waals surface area contributed by atoms with E-state index < -0.39 is 33.7 Å². The highest BCUT2D eigenvalue weighted by atomic mass is 32.2. The number of H-pyrrole nitrogens is 1. The Labute approximate surface area is 213 Å². The third-order valence-electron chi connectivity index (χ3n) is 6.50. The fourth-order valence-corrected chi connectivity index (χ4v) is 6.18. The summed E-state index contributed by atoms with van der Waals surface area (Å²) in [5.74, 6) is -1.17. The quantitative estimate of drug-likeness (QED) is 0.355. The zero-order valence-electron chi connectivity index (χ0n) is 19.9. The maximum atomic E-state index is 13.7. The Hall–Kier alpha value is -4.02. The minimum Gasteiger partial charge on any atom is -0.497 e. The molecule has 3 aromatic carbocycles. The number of benzene rings is 3. The monoisotopic (exact) mass is 521 g/mol. The van der Waals surface area contributed by atoms with Gasteiger partial charge in [0.2, 0.25) is 15.9 Å². The summed E-state index contributed by atoms with van der Waals surface area (Å²) in [5.41, 5.74) is 2.11. The van der Waals surface area contributed by atoms with Crippen LogP contribution in [0.3, 0.4) is 0 Å². The largest absolute Gasteiger partial charge is 0.497 e. The molecule has 1 atom stereocenters. The first-order valence-corrected chi connectivity index (χ1v) is 13.1. The maximum absolute atomic E-state index is 13.7. The third kappa shape index (κ3) is 4.61. The summed E-state index contributed by atoms with van der Waals surface area (Å²) in [6, 6.07) is 17.2. The van der Waals surface area contributed by atoms with E-state index in [1.54, 1.807) is 30.5 Å². The number of carbonyl (C=O) groups excluding carboxylic acids is 2. The Morgan fingerprint density at radius 3 is 2.43 bits per heavy atom. The molecular weight excluding hydrogens is 497 g/mol. The molecule has 0 saturated carbocycles. The molecule has 0 spiro atoms. The Balaban J connectivity index is 1.50. The molecule has 2 heterocycles. The summed E-state index contributed by atoms with van der Waals surface area (Å²) in [5, 5.41) is 0.940. The number of para-hydroxylation sites is 1. The molecule has 0 radical (unpaired) electrons. The Morgan fingerprint density at radius 1 is 1.03 bits per heavy atom. The zero-order valence-corrected chi connectivity index (χ0v) is 20.7. The number of nitrogens with one attached hydrogen (secondary N) is 1. The van der Waals surface area contributed by atoms with E-state index >= 15 is 0 Å². The van der Waals surface area contributed by atoms with Gasteiger partial charge in [-0.1, -0.05) is 18.2 Å². The molecule has 1 saturated heterocycles. The number of methoxy groups -OCH3 is 1. The lowest BCUT2D eigenvalue weighted by molar-refractivity contribution is -0.122. The molecule has 8 nitrogen and oxygen atoms in total. The molecule has 10 heteroatoms. The van der Waals surface area contributed by atoms with Crippen molar-refractivity contribution in [1.29, 1.82) is 0 Å². The number of amides is 2. The highest BCUT2D eigenvalue weighted by Gasteiger charge is 2.46. The number of sulfonamides is 1. The van der Waals surface area contributed by atoms with E-state index in [1.165, 1.54) is 7.11 Å². The molecule has 37 heavy (non-hydrogen) atoms. The average Bonchev–Trinajstić information content (AvgIpc) is 3.44. The van der Waals surface area contributed by atoms with Gasteiger partial charge in [0.1, 0.15) is 17.6 Å². The number of aromatic nitrogens is 1. The molecule has 2 amide bonds. The van der Waals surface area contributed by atoms with Crippen LogP contribution in [-0.2, 0) is 26.0 Å². The van der Waals surface area contributed by atoms with E-state index in [4.69, 9.17) is 4.74 Å². The van der Waals surface area contributed by atoms with Crippen molar-refractivity contribution in [2.24, 2.45) is 0 Å². The van der Waals surface area contributed by atoms with E-state index in [2.05, 4.69) is 4.98 Å². The number of fused-ring (bicyclic) bond motifs is 1. The van der Waals surface area contributed by atoms with E-state index in [1.807, 2.05) is 24.3 Å². The van der Waals surface area contributed by atoms with Gasteiger partial charge >= 0.3 is 0 Å². The molecule has 5 rings (SSSR count). The van der Waals surface area contributed by atoms with Crippen LogP contribution in [0.25, 0.3) is 10.9 Å². The molecule has 1 aliphatic rings. The number of rotatable bonds is 8. The summed E-state index contributed by atoms with van der Waals surface area (Å²) in [7, 11) is -2.74. The minimum absolute atomic E-state index is 0.0539. The van der Waals surface area contributed by atoms with Crippen molar-refractivity contribution in [2.75, 3.05) is 18.6 Å². The van der Waals surface area contributed by atoms with Gasteiger partial charge in [-0.3, -0.25) is 9.59 Å². The van der Waals surface area contributed by atoms with Crippen LogP contribution in [0, 0.1) is 5.82 Å². The van der Waals surface area contributed by atoms with E-state index in [0.717, 1.165) is 49.9 Å². The van der Waals surface area contributed by atoms with Crippen LogP contribution in [-0.4, -0.2) is 49.2 Å². The summed E-state index contributed by atoms with van der Waals surface area (Å²) in [6.45, 7) is -0.0539. The number of nitrogens with zero attached hydrogens (tertiary/aromatic N) is 2. The molecule has 0 bridgehead atoms. The Kier molecular flexibility index (Phi) is 6.53. The second-order valence-electron chi connectivity index (χ2n) is 8.66. The standard InChI is InChI=1S/C27H24FN3O5S/c1-36-21-10-8-20(9-11-21)31-26(32)16-25(27(31)33)30(37(34,35)22-12-6-19(28)7-13-22)15-14-18-17-29-24-5-3-2-4-23(18)24/h2-13,17,25,29H,14-16H2,1H3. The van der Waals surface area contributed by atoms with Gasteiger partial charge in [-0.15, -0.1) is 0 Å². The van der Waals surface area contributed by atoms with E-state index in [0.29, 0.717) is 17.9 Å². The first-order chi connectivity index (χ1) is 17.8. The number of aromatic amines is 1. The minimum atomic E-state index is -4.24. The van der Waals surface area contributed by atoms with Gasteiger partial charge < -0.3 is 9.72 Å². The van der Waals surface area contributed by atoms with Gasteiger partial charge in [0.05, 0.1) is 24.1 Å². The normalized spacial score (nSPS) is 16.2. The number of ether oxygens (including phenoxy) is 1. The Morgan fingerprint density at radius 2 is 1.73 bits per heavy atom. The van der Waals surface area contributed by atoms with Crippen molar-refractivity contribution in [3.63, 3.8) is 0 Å². The van der Waals surface area contributed by atoms with Gasteiger partial charge in [-0.25, -0.2) is 17.7 Å². The number of carbonyl (C=O) groups is 2. The zero-order chi connectivity index (χ0) is 26.2. The molecule has 4 aromatic rings. The number of imide groups is 1. The lowest BCUT2D eigenvalue weighted by Gasteiger charge is -2.27. The number of halogens is 1. The molecule has 1 aliphatic heterocycles. The summed E-state index contributed by atoms with van der Waals surface area (Å²) in [6.07, 6.45) is 1.79. The fraction of sp³-hybridized carbons (Fsp3) is 0.185. The molecule has 1 N–H and O–H groups in total. The van der Waals surface area contributed by atoms with Crippen molar-refractivity contribution >= 4 is 38.4 Å². The maximum Gasteiger partial charge on any atom is 0.252 e. The van der Waals surface area contributed by atoms with Crippen molar-refractivity contribution < 1.29 is 27.1 Å². The molecular formula is C27H24FN3O5S. The molecule has 1 aromatic heterocycles. The second-order valence-corrected chi connectivity index (χ2v) is 10.6. The number of anilines is 1. The topological polar surface area (TPSA) is 99.8 Å². The lowest BCUT2D eigenvalue weighted by Crippen LogP contribution is -2.46.